The molecule has 1 aromatic carbocycles. The third-order valence-electron chi connectivity index (χ3n) is 2.04. The molecule has 1 heterocycles. The molecule has 3 heteroatoms. The van der Waals surface area contributed by atoms with Crippen LogP contribution in [0, 0.1) is 6.92 Å². The van der Waals surface area contributed by atoms with Crippen molar-refractivity contribution < 1.29 is 9.59 Å². The molecule has 0 aliphatic carbocycles. The Bertz CT molecular complexity index is 431. The van der Waals surface area contributed by atoms with Crippen LogP contribution in [-0.4, -0.2) is 11.8 Å². The van der Waals surface area contributed by atoms with Crippen LogP contribution in [0.4, 0.5) is 0 Å². The summed E-state index contributed by atoms with van der Waals surface area (Å²) < 4.78 is 0. The normalized spacial score (nSPS) is 12.8. The van der Waals surface area contributed by atoms with E-state index in [9.17, 15) is 9.59 Å². The predicted octanol–water partition coefficient (Wildman–Crippen LogP) is 1.84. The lowest BCUT2D eigenvalue weighted by Gasteiger charge is -1.95. The second-order valence-electron chi connectivity index (χ2n) is 3.25. The summed E-state index contributed by atoms with van der Waals surface area (Å²) in [4.78, 5) is 20.1. The first kappa shape index (κ1) is 11.9. The summed E-state index contributed by atoms with van der Waals surface area (Å²) in [6, 6.07) is 8.19. The molecule has 0 fully saturated rings. The molecule has 1 aliphatic rings. The van der Waals surface area contributed by atoms with Crippen molar-refractivity contribution >= 4 is 17.9 Å². The highest BCUT2D eigenvalue weighted by Gasteiger charge is 2.06. The summed E-state index contributed by atoms with van der Waals surface area (Å²) in [6.07, 6.45) is 4.26. The van der Waals surface area contributed by atoms with Gasteiger partial charge in [0.25, 0.3) is 11.8 Å². The first-order valence-corrected chi connectivity index (χ1v) is 4.84. The topological polar surface area (TPSA) is 46.2 Å². The average Bonchev–Trinajstić information content (AvgIpc) is 2.64. The molecule has 0 bridgehead atoms. The highest BCUT2D eigenvalue weighted by molar-refractivity contribution is 6.12. The lowest BCUT2D eigenvalue weighted by atomic mass is 10.1. The molecular formula is C13H13NO2. The Morgan fingerprint density at radius 3 is 2.00 bits per heavy atom. The SMILES string of the molecule is C=Cc1ccccc1C.O=C1C=CC(=O)N1. The van der Waals surface area contributed by atoms with Gasteiger partial charge in [-0.1, -0.05) is 36.9 Å². The molecule has 82 valence electrons. The van der Waals surface area contributed by atoms with Gasteiger partial charge in [-0.25, -0.2) is 0 Å². The van der Waals surface area contributed by atoms with Gasteiger partial charge in [0, 0.05) is 12.2 Å². The zero-order valence-corrected chi connectivity index (χ0v) is 9.07. The highest BCUT2D eigenvalue weighted by Crippen LogP contribution is 2.06. The average molecular weight is 215 g/mol. The minimum Gasteiger partial charge on any atom is -0.289 e. The van der Waals surface area contributed by atoms with Crippen molar-refractivity contribution in [2.45, 2.75) is 6.92 Å². The minimum absolute atomic E-state index is 0.329. The third kappa shape index (κ3) is 3.53. The smallest absolute Gasteiger partial charge is 0.250 e. The Labute approximate surface area is 94.5 Å². The highest BCUT2D eigenvalue weighted by atomic mass is 16.2. The largest absolute Gasteiger partial charge is 0.289 e. The van der Waals surface area contributed by atoms with E-state index in [0.29, 0.717) is 0 Å². The van der Waals surface area contributed by atoms with Crippen LogP contribution in [0.3, 0.4) is 0 Å². The zero-order chi connectivity index (χ0) is 12.0. The van der Waals surface area contributed by atoms with Gasteiger partial charge in [-0.3, -0.25) is 14.9 Å². The number of rotatable bonds is 1. The fraction of sp³-hybridized carbons (Fsp3) is 0.0769. The van der Waals surface area contributed by atoms with E-state index in [-0.39, 0.29) is 11.8 Å². The standard InChI is InChI=1S/C9H10.C4H3NO2/c1-3-9-7-5-4-6-8(9)2;6-3-1-2-4(7)5-3/h3-7H,1H2,2H3;1-2H,(H,5,6,7). The van der Waals surface area contributed by atoms with Gasteiger partial charge < -0.3 is 0 Å². The zero-order valence-electron chi connectivity index (χ0n) is 9.07. The summed E-state index contributed by atoms with van der Waals surface area (Å²) in [5, 5.41) is 2.03. The molecule has 16 heavy (non-hydrogen) atoms. The molecule has 1 aromatic rings. The first-order chi connectivity index (χ1) is 7.63. The van der Waals surface area contributed by atoms with Crippen molar-refractivity contribution in [3.63, 3.8) is 0 Å². The number of imide groups is 1. The molecule has 2 rings (SSSR count). The maximum Gasteiger partial charge on any atom is 0.250 e. The summed E-state index contributed by atoms with van der Waals surface area (Å²) in [5.74, 6) is -0.657. The second kappa shape index (κ2) is 5.66. The van der Waals surface area contributed by atoms with Crippen LogP contribution in [0.25, 0.3) is 6.08 Å². The molecule has 3 nitrogen and oxygen atoms in total. The molecule has 0 saturated carbocycles. The molecule has 1 aliphatic heterocycles. The molecule has 0 atom stereocenters. The van der Waals surface area contributed by atoms with E-state index in [1.165, 1.54) is 23.3 Å². The molecule has 0 saturated heterocycles. The summed E-state index contributed by atoms with van der Waals surface area (Å²) in [7, 11) is 0. The van der Waals surface area contributed by atoms with Gasteiger partial charge in [0.15, 0.2) is 0 Å². The maximum absolute atomic E-state index is 10.0. The van der Waals surface area contributed by atoms with Crippen molar-refractivity contribution in [3.05, 3.63) is 54.1 Å². The number of hydrogen-bond acceptors (Lipinski definition) is 2. The van der Waals surface area contributed by atoms with E-state index in [1.54, 1.807) is 0 Å². The molecule has 0 spiro atoms. The van der Waals surface area contributed by atoms with Gasteiger partial charge in [0.2, 0.25) is 0 Å². The monoisotopic (exact) mass is 215 g/mol. The van der Waals surface area contributed by atoms with Gasteiger partial charge >= 0.3 is 0 Å². The number of benzene rings is 1. The van der Waals surface area contributed by atoms with Crippen LogP contribution < -0.4 is 5.32 Å². The lowest BCUT2D eigenvalue weighted by Crippen LogP contribution is -2.19. The van der Waals surface area contributed by atoms with Crippen LogP contribution >= 0.6 is 0 Å². The van der Waals surface area contributed by atoms with Gasteiger partial charge in [0.1, 0.15) is 0 Å². The van der Waals surface area contributed by atoms with E-state index in [4.69, 9.17) is 0 Å². The number of carbonyl (C=O) groups is 2. The van der Waals surface area contributed by atoms with E-state index in [0.717, 1.165) is 0 Å². The van der Waals surface area contributed by atoms with Crippen LogP contribution in [-0.2, 0) is 9.59 Å². The quantitative estimate of drug-likeness (QED) is 0.726. The van der Waals surface area contributed by atoms with Crippen LogP contribution in [0.1, 0.15) is 11.1 Å². The minimum atomic E-state index is -0.329. The third-order valence-corrected chi connectivity index (χ3v) is 2.04. The fourth-order valence-electron chi connectivity index (χ4n) is 1.17. The lowest BCUT2D eigenvalue weighted by molar-refractivity contribution is -0.123. The van der Waals surface area contributed by atoms with E-state index in [2.05, 4.69) is 25.6 Å². The molecule has 2 amide bonds. The van der Waals surface area contributed by atoms with Crippen LogP contribution in [0.15, 0.2) is 43.0 Å². The van der Waals surface area contributed by atoms with E-state index < -0.39 is 0 Å². The van der Waals surface area contributed by atoms with Crippen LogP contribution in [0.2, 0.25) is 0 Å². The Hall–Kier alpha value is -2.16. The van der Waals surface area contributed by atoms with Crippen LogP contribution in [0.5, 0.6) is 0 Å². The molecule has 0 aromatic heterocycles. The molecule has 0 unspecified atom stereocenters. The Morgan fingerprint density at radius 2 is 1.69 bits per heavy atom. The first-order valence-electron chi connectivity index (χ1n) is 4.84. The molecule has 1 N–H and O–H groups in total. The van der Waals surface area contributed by atoms with Gasteiger partial charge in [0.05, 0.1) is 0 Å². The fourth-order valence-corrected chi connectivity index (χ4v) is 1.17. The van der Waals surface area contributed by atoms with Crippen molar-refractivity contribution in [1.29, 1.82) is 0 Å². The van der Waals surface area contributed by atoms with Crippen molar-refractivity contribution in [3.8, 4) is 0 Å². The number of carbonyl (C=O) groups excluding carboxylic acids is 2. The number of amides is 2. The predicted molar refractivity (Wildman–Crippen MR) is 63.6 cm³/mol. The van der Waals surface area contributed by atoms with Crippen molar-refractivity contribution in [1.82, 2.24) is 5.32 Å². The van der Waals surface area contributed by atoms with Crippen molar-refractivity contribution in [2.75, 3.05) is 0 Å². The number of aryl methyl sites for hydroxylation is 1. The number of nitrogens with one attached hydrogen (secondary N) is 1. The van der Waals surface area contributed by atoms with Crippen molar-refractivity contribution in [2.24, 2.45) is 0 Å². The van der Waals surface area contributed by atoms with E-state index in [1.807, 2.05) is 23.5 Å². The van der Waals surface area contributed by atoms with Gasteiger partial charge in [-0.2, -0.15) is 0 Å². The summed E-state index contributed by atoms with van der Waals surface area (Å²) >= 11 is 0. The molecule has 0 radical (unpaired) electrons. The maximum atomic E-state index is 10.0. The van der Waals surface area contributed by atoms with Gasteiger partial charge in [-0.05, 0) is 18.1 Å². The summed E-state index contributed by atoms with van der Waals surface area (Å²) in [6.45, 7) is 5.77. The van der Waals surface area contributed by atoms with E-state index >= 15 is 0 Å². The Kier molecular flexibility index (Phi) is 4.21. The Balaban J connectivity index is 0.000000165. The second-order valence-corrected chi connectivity index (χ2v) is 3.25. The molecular weight excluding hydrogens is 202 g/mol. The summed E-state index contributed by atoms with van der Waals surface area (Å²) in [5.41, 5.74) is 2.50. The Morgan fingerprint density at radius 1 is 1.12 bits per heavy atom. The van der Waals surface area contributed by atoms with Gasteiger partial charge in [-0.15, -0.1) is 0 Å². The number of hydrogen-bond donors (Lipinski definition) is 1.